The molecule has 0 spiro atoms. The van der Waals surface area contributed by atoms with Crippen molar-refractivity contribution in [1.29, 1.82) is 5.26 Å². The fourth-order valence-electron chi connectivity index (χ4n) is 1.19. The van der Waals surface area contributed by atoms with Crippen molar-refractivity contribution in [3.63, 3.8) is 0 Å². The summed E-state index contributed by atoms with van der Waals surface area (Å²) in [6.45, 7) is 1.66. The molecule has 1 aliphatic rings. The van der Waals surface area contributed by atoms with Gasteiger partial charge in [0.05, 0.1) is 7.11 Å². The molecule has 0 fully saturated rings. The van der Waals surface area contributed by atoms with Gasteiger partial charge in [0.15, 0.2) is 11.4 Å². The molecule has 1 aliphatic heterocycles. The first kappa shape index (κ1) is 11.0. The van der Waals surface area contributed by atoms with Gasteiger partial charge >= 0.3 is 5.97 Å². The van der Waals surface area contributed by atoms with Crippen LogP contribution in [0.5, 0.6) is 0 Å². The lowest BCUT2D eigenvalue weighted by Gasteiger charge is -2.16. The van der Waals surface area contributed by atoms with Crippen molar-refractivity contribution in [3.05, 3.63) is 11.4 Å². The molecule has 0 aliphatic carbocycles. The summed E-state index contributed by atoms with van der Waals surface area (Å²) >= 11 is 0. The number of hydrazine groups is 1. The van der Waals surface area contributed by atoms with Gasteiger partial charge in [-0.25, -0.2) is 20.7 Å². The standard InChI is InChI=1S/C8H11N5O2/c1-5-11-12(2)7(13(5)10)6(4-9)8(14)15-3/h10H2,1-3H3/b7-6+. The van der Waals surface area contributed by atoms with Crippen molar-refractivity contribution in [2.75, 3.05) is 14.2 Å². The maximum atomic E-state index is 11.3. The summed E-state index contributed by atoms with van der Waals surface area (Å²) in [5.74, 6) is 5.59. The number of hydrogen-bond donors (Lipinski definition) is 1. The number of esters is 1. The number of carbonyl (C=O) groups is 1. The number of hydrogen-bond acceptors (Lipinski definition) is 7. The zero-order chi connectivity index (χ0) is 11.6. The SMILES string of the molecule is COC(=O)/C(C#N)=C1\N(C)N=C(C)N1N. The van der Waals surface area contributed by atoms with Gasteiger partial charge < -0.3 is 4.74 Å². The van der Waals surface area contributed by atoms with Crippen LogP contribution in [-0.2, 0) is 9.53 Å². The van der Waals surface area contributed by atoms with Crippen LogP contribution in [0.25, 0.3) is 0 Å². The van der Waals surface area contributed by atoms with Crippen LogP contribution in [0.3, 0.4) is 0 Å². The molecule has 0 unspecified atom stereocenters. The minimum absolute atomic E-state index is 0.178. The van der Waals surface area contributed by atoms with Crippen LogP contribution in [0.1, 0.15) is 6.92 Å². The van der Waals surface area contributed by atoms with E-state index in [2.05, 4.69) is 9.84 Å². The number of ether oxygens (including phenoxy) is 1. The summed E-state index contributed by atoms with van der Waals surface area (Å²) in [6.07, 6.45) is 0. The first-order chi connectivity index (χ1) is 7.02. The van der Waals surface area contributed by atoms with Crippen LogP contribution in [0, 0.1) is 11.3 Å². The molecule has 1 heterocycles. The van der Waals surface area contributed by atoms with Crippen molar-refractivity contribution >= 4 is 11.8 Å². The molecular weight excluding hydrogens is 198 g/mol. The van der Waals surface area contributed by atoms with E-state index in [-0.39, 0.29) is 11.4 Å². The zero-order valence-electron chi connectivity index (χ0n) is 8.68. The van der Waals surface area contributed by atoms with E-state index < -0.39 is 5.97 Å². The summed E-state index contributed by atoms with van der Waals surface area (Å²) in [4.78, 5) is 11.3. The summed E-state index contributed by atoms with van der Waals surface area (Å²) in [6, 6.07) is 1.74. The quantitative estimate of drug-likeness (QED) is 0.267. The van der Waals surface area contributed by atoms with Crippen molar-refractivity contribution in [3.8, 4) is 6.07 Å². The monoisotopic (exact) mass is 209 g/mol. The highest BCUT2D eigenvalue weighted by atomic mass is 16.5. The lowest BCUT2D eigenvalue weighted by atomic mass is 10.3. The van der Waals surface area contributed by atoms with E-state index in [1.54, 1.807) is 20.0 Å². The predicted octanol–water partition coefficient (Wildman–Crippen LogP) is -0.651. The molecule has 0 saturated heterocycles. The molecule has 0 saturated carbocycles. The number of hydrazone groups is 1. The average Bonchev–Trinajstić information content (AvgIpc) is 2.45. The van der Waals surface area contributed by atoms with Crippen molar-refractivity contribution in [2.45, 2.75) is 6.92 Å². The third kappa shape index (κ3) is 1.75. The van der Waals surface area contributed by atoms with Gasteiger partial charge in [0.1, 0.15) is 11.9 Å². The first-order valence-corrected chi connectivity index (χ1v) is 4.09. The smallest absolute Gasteiger partial charge is 0.352 e. The molecule has 0 aromatic rings. The average molecular weight is 209 g/mol. The molecule has 0 bridgehead atoms. The van der Waals surface area contributed by atoms with E-state index in [0.717, 1.165) is 5.01 Å². The van der Waals surface area contributed by atoms with Crippen LogP contribution in [0.4, 0.5) is 0 Å². The van der Waals surface area contributed by atoms with Crippen molar-refractivity contribution in [1.82, 2.24) is 10.0 Å². The van der Waals surface area contributed by atoms with Crippen LogP contribution >= 0.6 is 0 Å². The topological polar surface area (TPSA) is 94.9 Å². The third-order valence-corrected chi connectivity index (χ3v) is 1.90. The first-order valence-electron chi connectivity index (χ1n) is 4.09. The van der Waals surface area contributed by atoms with Gasteiger partial charge in [-0.15, -0.1) is 0 Å². The van der Waals surface area contributed by atoms with E-state index in [0.29, 0.717) is 5.84 Å². The number of carbonyl (C=O) groups excluding carboxylic acids is 1. The molecule has 7 nitrogen and oxygen atoms in total. The van der Waals surface area contributed by atoms with Crippen molar-refractivity contribution in [2.24, 2.45) is 10.9 Å². The summed E-state index contributed by atoms with van der Waals surface area (Å²) < 4.78 is 4.47. The number of methoxy groups -OCH3 is 1. The number of nitriles is 1. The minimum atomic E-state index is -0.736. The van der Waals surface area contributed by atoms with E-state index in [1.165, 1.54) is 12.1 Å². The highest BCUT2D eigenvalue weighted by molar-refractivity contribution is 5.95. The summed E-state index contributed by atoms with van der Waals surface area (Å²) in [7, 11) is 2.79. The van der Waals surface area contributed by atoms with Crippen LogP contribution < -0.4 is 5.84 Å². The fourth-order valence-corrected chi connectivity index (χ4v) is 1.19. The fraction of sp³-hybridized carbons (Fsp3) is 0.375. The Morgan fingerprint density at radius 1 is 1.67 bits per heavy atom. The van der Waals surface area contributed by atoms with E-state index in [1.807, 2.05) is 0 Å². The largest absolute Gasteiger partial charge is 0.465 e. The number of nitrogens with zero attached hydrogens (tertiary/aromatic N) is 4. The molecule has 15 heavy (non-hydrogen) atoms. The molecule has 0 aromatic carbocycles. The third-order valence-electron chi connectivity index (χ3n) is 1.90. The van der Waals surface area contributed by atoms with E-state index in [4.69, 9.17) is 11.1 Å². The number of amidine groups is 1. The molecule has 0 amide bonds. The molecule has 1 rings (SSSR count). The Balaban J connectivity index is 3.20. The summed E-state index contributed by atoms with van der Waals surface area (Å²) in [5.41, 5.74) is -0.178. The molecule has 7 heteroatoms. The van der Waals surface area contributed by atoms with Gasteiger partial charge in [0, 0.05) is 7.05 Å². The second-order valence-corrected chi connectivity index (χ2v) is 2.84. The van der Waals surface area contributed by atoms with Gasteiger partial charge in [0.25, 0.3) is 0 Å². The minimum Gasteiger partial charge on any atom is -0.465 e. The second-order valence-electron chi connectivity index (χ2n) is 2.84. The molecule has 0 radical (unpaired) electrons. The highest BCUT2D eigenvalue weighted by Crippen LogP contribution is 2.19. The van der Waals surface area contributed by atoms with Crippen LogP contribution in [0.15, 0.2) is 16.5 Å². The Morgan fingerprint density at radius 3 is 2.60 bits per heavy atom. The Kier molecular flexibility index (Phi) is 2.92. The predicted molar refractivity (Wildman–Crippen MR) is 51.6 cm³/mol. The molecule has 80 valence electrons. The Morgan fingerprint density at radius 2 is 2.27 bits per heavy atom. The lowest BCUT2D eigenvalue weighted by Crippen LogP contribution is -2.35. The Bertz CT molecular complexity index is 392. The normalized spacial score (nSPS) is 18.5. The van der Waals surface area contributed by atoms with Gasteiger partial charge in [-0.05, 0) is 6.92 Å². The maximum Gasteiger partial charge on any atom is 0.352 e. The van der Waals surface area contributed by atoms with Gasteiger partial charge in [0.2, 0.25) is 0 Å². The van der Waals surface area contributed by atoms with E-state index in [9.17, 15) is 4.79 Å². The molecule has 2 N–H and O–H groups in total. The lowest BCUT2D eigenvalue weighted by molar-refractivity contribution is -0.135. The maximum absolute atomic E-state index is 11.3. The van der Waals surface area contributed by atoms with Gasteiger partial charge in [-0.2, -0.15) is 10.4 Å². The molecule has 0 atom stereocenters. The highest BCUT2D eigenvalue weighted by Gasteiger charge is 2.28. The Hall–Kier alpha value is -2.07. The van der Waals surface area contributed by atoms with Crippen LogP contribution in [0.2, 0.25) is 0 Å². The second kappa shape index (κ2) is 3.98. The van der Waals surface area contributed by atoms with Gasteiger partial charge in [-0.1, -0.05) is 0 Å². The Labute approximate surface area is 87.0 Å². The van der Waals surface area contributed by atoms with E-state index >= 15 is 0 Å². The number of nitrogens with two attached hydrogens (primary N) is 1. The molecule has 0 aromatic heterocycles. The van der Waals surface area contributed by atoms with Gasteiger partial charge in [-0.3, -0.25) is 0 Å². The van der Waals surface area contributed by atoms with Crippen molar-refractivity contribution < 1.29 is 9.53 Å². The summed E-state index contributed by atoms with van der Waals surface area (Å²) in [5, 5.41) is 15.3. The zero-order valence-corrected chi connectivity index (χ0v) is 8.68. The molecular formula is C8H11N5O2. The van der Waals surface area contributed by atoms with Crippen LogP contribution in [-0.4, -0.2) is 36.0 Å². The number of rotatable bonds is 1.